The minimum Gasteiger partial charge on any atom is -0.383 e. The molecule has 1 aliphatic heterocycles. The third kappa shape index (κ3) is 6.10. The second-order valence-electron chi connectivity index (χ2n) is 9.04. The van der Waals surface area contributed by atoms with E-state index < -0.39 is 10.0 Å². The van der Waals surface area contributed by atoms with Crippen molar-refractivity contribution < 1.29 is 17.9 Å². The predicted octanol–water partition coefficient (Wildman–Crippen LogP) is 2.61. The van der Waals surface area contributed by atoms with Crippen LogP contribution in [0.5, 0.6) is 0 Å². The van der Waals surface area contributed by atoms with Crippen LogP contribution in [0.2, 0.25) is 0 Å². The molecule has 3 aromatic rings. The first-order valence-corrected chi connectivity index (χ1v) is 13.6. The molecule has 8 nitrogen and oxygen atoms in total. The Morgan fingerprint density at radius 1 is 1.14 bits per heavy atom. The maximum absolute atomic E-state index is 12.8. The number of carbonyl (C=O) groups is 1. The number of nitrogens with zero attached hydrogens (tertiary/aromatic N) is 1. The van der Waals surface area contributed by atoms with Gasteiger partial charge in [-0.15, -0.1) is 0 Å². The van der Waals surface area contributed by atoms with Gasteiger partial charge in [-0.2, -0.15) is 0 Å². The number of nitrogens with one attached hydrogen (secondary N) is 2. The molecule has 0 spiro atoms. The Balaban J connectivity index is 1.52. The van der Waals surface area contributed by atoms with Gasteiger partial charge in [-0.05, 0) is 53.1 Å². The number of H-pyrrole nitrogens is 1. The van der Waals surface area contributed by atoms with Crippen molar-refractivity contribution in [3.05, 3.63) is 59.8 Å². The van der Waals surface area contributed by atoms with Gasteiger partial charge in [0, 0.05) is 50.4 Å². The van der Waals surface area contributed by atoms with Crippen LogP contribution in [0.3, 0.4) is 0 Å². The first kappa shape index (κ1) is 25.4. The van der Waals surface area contributed by atoms with Gasteiger partial charge in [-0.1, -0.05) is 30.3 Å². The number of nitrogens with two attached hydrogens (primary N) is 1. The number of primary amides is 1. The number of hydrogen-bond donors (Lipinski definition) is 3. The molecule has 4 rings (SSSR count). The Morgan fingerprint density at radius 3 is 2.57 bits per heavy atom. The second kappa shape index (κ2) is 11.3. The number of aromatic nitrogens is 1. The van der Waals surface area contributed by atoms with Crippen molar-refractivity contribution in [1.29, 1.82) is 0 Å². The smallest absolute Gasteiger partial charge is 0.221 e. The zero-order valence-corrected chi connectivity index (χ0v) is 20.9. The van der Waals surface area contributed by atoms with Crippen LogP contribution in [0, 0.1) is 0 Å². The summed E-state index contributed by atoms with van der Waals surface area (Å²) in [6.07, 6.45) is 3.68. The molecule has 9 heteroatoms. The molecule has 0 atom stereocenters. The van der Waals surface area contributed by atoms with Crippen molar-refractivity contribution in [3.63, 3.8) is 0 Å². The summed E-state index contributed by atoms with van der Waals surface area (Å²) in [7, 11) is -1.68. The third-order valence-corrected chi connectivity index (χ3v) is 8.55. The third-order valence-electron chi connectivity index (χ3n) is 6.68. The number of piperidine rings is 1. The molecule has 0 aliphatic carbocycles. The molecule has 188 valence electrons. The number of hydrogen-bond acceptors (Lipinski definition) is 5. The van der Waals surface area contributed by atoms with Gasteiger partial charge in [0.2, 0.25) is 15.9 Å². The van der Waals surface area contributed by atoms with Gasteiger partial charge in [-0.3, -0.25) is 4.79 Å². The van der Waals surface area contributed by atoms with E-state index in [0.717, 1.165) is 40.4 Å². The number of ether oxygens (including phenoxy) is 1. The standard InChI is InChI=1S/C26H34N4O4S/c1-34-13-9-28-10-14-35(32,33)30-11-7-20(8-12-30)24-18-29-26-22(17-25(27)31)15-21(16-23(24)26)19-5-3-2-4-6-19/h2-6,15-16,18,20,28-29H,7-14,17H2,1H3,(H2,27,31). The average molecular weight is 499 g/mol. The van der Waals surface area contributed by atoms with Crippen LogP contribution >= 0.6 is 0 Å². The van der Waals surface area contributed by atoms with E-state index in [4.69, 9.17) is 10.5 Å². The van der Waals surface area contributed by atoms with Gasteiger partial charge in [0.05, 0.1) is 18.8 Å². The predicted molar refractivity (Wildman–Crippen MR) is 139 cm³/mol. The van der Waals surface area contributed by atoms with Gasteiger partial charge in [0.1, 0.15) is 0 Å². The minimum absolute atomic E-state index is 0.0887. The highest BCUT2D eigenvalue weighted by atomic mass is 32.2. The molecule has 1 saturated heterocycles. The maximum Gasteiger partial charge on any atom is 0.221 e. The number of amides is 1. The first-order chi connectivity index (χ1) is 16.9. The van der Waals surface area contributed by atoms with Crippen molar-refractivity contribution >= 4 is 26.8 Å². The van der Waals surface area contributed by atoms with Crippen LogP contribution in [-0.4, -0.2) is 69.3 Å². The van der Waals surface area contributed by atoms with Crippen LogP contribution in [0.1, 0.15) is 29.9 Å². The molecular formula is C26H34N4O4S. The van der Waals surface area contributed by atoms with Gasteiger partial charge < -0.3 is 20.8 Å². The highest BCUT2D eigenvalue weighted by Crippen LogP contribution is 2.37. The van der Waals surface area contributed by atoms with Gasteiger partial charge in [0.25, 0.3) is 0 Å². The largest absolute Gasteiger partial charge is 0.383 e. The zero-order valence-electron chi connectivity index (χ0n) is 20.1. The topological polar surface area (TPSA) is 118 Å². The summed E-state index contributed by atoms with van der Waals surface area (Å²) in [6.45, 7) is 2.62. The normalized spacial score (nSPS) is 15.6. The molecule has 2 aromatic carbocycles. The molecule has 35 heavy (non-hydrogen) atoms. The summed E-state index contributed by atoms with van der Waals surface area (Å²) in [6, 6.07) is 14.3. The highest BCUT2D eigenvalue weighted by Gasteiger charge is 2.29. The Labute approximate surface area is 206 Å². The molecule has 2 heterocycles. The molecule has 1 fully saturated rings. The van der Waals surface area contributed by atoms with Crippen LogP contribution < -0.4 is 11.1 Å². The second-order valence-corrected chi connectivity index (χ2v) is 11.1. The summed E-state index contributed by atoms with van der Waals surface area (Å²) >= 11 is 0. The molecule has 0 unspecified atom stereocenters. The molecular weight excluding hydrogens is 464 g/mol. The summed E-state index contributed by atoms with van der Waals surface area (Å²) in [5, 5.41) is 4.18. The van der Waals surface area contributed by atoms with Crippen molar-refractivity contribution in [2.24, 2.45) is 5.73 Å². The zero-order chi connectivity index (χ0) is 24.8. The van der Waals surface area contributed by atoms with Gasteiger partial charge >= 0.3 is 0 Å². The average Bonchev–Trinajstić information content (AvgIpc) is 3.28. The van der Waals surface area contributed by atoms with Crippen molar-refractivity contribution in [1.82, 2.24) is 14.6 Å². The van der Waals surface area contributed by atoms with E-state index in [2.05, 4.69) is 28.5 Å². The number of sulfonamides is 1. The summed E-state index contributed by atoms with van der Waals surface area (Å²) in [5.74, 6) is -0.0453. The lowest BCUT2D eigenvalue weighted by Crippen LogP contribution is -2.41. The number of aromatic amines is 1. The van der Waals surface area contributed by atoms with Crippen LogP contribution in [-0.2, 0) is 26.0 Å². The monoisotopic (exact) mass is 498 g/mol. The first-order valence-electron chi connectivity index (χ1n) is 12.0. The number of rotatable bonds is 11. The van der Waals surface area contributed by atoms with E-state index in [1.165, 1.54) is 5.56 Å². The lowest BCUT2D eigenvalue weighted by Gasteiger charge is -2.31. The van der Waals surface area contributed by atoms with Crippen LogP contribution in [0.25, 0.3) is 22.0 Å². The Morgan fingerprint density at radius 2 is 1.89 bits per heavy atom. The fourth-order valence-corrected chi connectivity index (χ4v) is 6.29. The number of fused-ring (bicyclic) bond motifs is 1. The lowest BCUT2D eigenvalue weighted by molar-refractivity contribution is -0.117. The molecule has 4 N–H and O–H groups in total. The van der Waals surface area contributed by atoms with E-state index in [0.29, 0.717) is 32.8 Å². The van der Waals surface area contributed by atoms with Crippen LogP contribution in [0.4, 0.5) is 0 Å². The summed E-state index contributed by atoms with van der Waals surface area (Å²) < 4.78 is 32.1. The van der Waals surface area contributed by atoms with Crippen molar-refractivity contribution in [2.75, 3.05) is 45.6 Å². The van der Waals surface area contributed by atoms with E-state index in [1.807, 2.05) is 30.5 Å². The van der Waals surface area contributed by atoms with Crippen LogP contribution in [0.15, 0.2) is 48.7 Å². The lowest BCUT2D eigenvalue weighted by atomic mass is 9.88. The number of benzene rings is 2. The van der Waals surface area contributed by atoms with E-state index in [9.17, 15) is 13.2 Å². The van der Waals surface area contributed by atoms with E-state index in [1.54, 1.807) is 11.4 Å². The molecule has 1 amide bonds. The highest BCUT2D eigenvalue weighted by molar-refractivity contribution is 7.89. The van der Waals surface area contributed by atoms with Gasteiger partial charge in [-0.25, -0.2) is 12.7 Å². The number of methoxy groups -OCH3 is 1. The van der Waals surface area contributed by atoms with Crippen molar-refractivity contribution in [2.45, 2.75) is 25.2 Å². The van der Waals surface area contributed by atoms with E-state index in [-0.39, 0.29) is 24.0 Å². The fourth-order valence-electron chi connectivity index (χ4n) is 4.86. The minimum atomic E-state index is -3.30. The van der Waals surface area contributed by atoms with Crippen molar-refractivity contribution in [3.8, 4) is 11.1 Å². The fraction of sp³-hybridized carbons (Fsp3) is 0.423. The molecule has 0 saturated carbocycles. The SMILES string of the molecule is COCCNCCS(=O)(=O)N1CCC(c2c[nH]c3c(CC(N)=O)cc(-c4ccccc4)cc23)CC1. The summed E-state index contributed by atoms with van der Waals surface area (Å²) in [5.41, 5.74) is 10.6. The Kier molecular flexibility index (Phi) is 8.22. The molecule has 0 radical (unpaired) electrons. The summed E-state index contributed by atoms with van der Waals surface area (Å²) in [4.78, 5) is 15.1. The quantitative estimate of drug-likeness (QED) is 0.351. The Hall–Kier alpha value is -2.72. The van der Waals surface area contributed by atoms with Gasteiger partial charge in [0.15, 0.2) is 0 Å². The molecule has 1 aromatic heterocycles. The molecule has 0 bridgehead atoms. The maximum atomic E-state index is 12.8. The molecule has 1 aliphatic rings. The van der Waals surface area contributed by atoms with E-state index >= 15 is 0 Å². The Bertz CT molecular complexity index is 1250. The number of carbonyl (C=O) groups excluding carboxylic acids is 1.